The van der Waals surface area contributed by atoms with Crippen LogP contribution in [0.3, 0.4) is 0 Å². The molecule has 3 aromatic carbocycles. The summed E-state index contributed by atoms with van der Waals surface area (Å²) < 4.78 is 8.78. The monoisotopic (exact) mass is 694 g/mol. The van der Waals surface area contributed by atoms with Gasteiger partial charge in [-0.15, -0.1) is 47.0 Å². The lowest BCUT2D eigenvalue weighted by Crippen LogP contribution is -1.88. The highest BCUT2D eigenvalue weighted by molar-refractivity contribution is 8.41. The highest BCUT2D eigenvalue weighted by atomic mass is 32.3. The van der Waals surface area contributed by atoms with E-state index in [1.807, 2.05) is 94.1 Å². The molecule has 0 amide bonds. The topological polar surface area (TPSA) is 0 Å². The van der Waals surface area contributed by atoms with Gasteiger partial charge in [0, 0.05) is 11.1 Å². The number of benzene rings is 3. The van der Waals surface area contributed by atoms with Crippen LogP contribution in [0.5, 0.6) is 0 Å². The molecule has 0 spiro atoms. The molecule has 214 valence electrons. The van der Waals surface area contributed by atoms with E-state index in [-0.39, 0.29) is 0 Å². The fraction of sp³-hybridized carbons (Fsp3) is 0.235. The zero-order valence-electron chi connectivity index (χ0n) is 23.9. The van der Waals surface area contributed by atoms with E-state index < -0.39 is 0 Å². The van der Waals surface area contributed by atoms with Crippen LogP contribution in [-0.4, -0.2) is 23.0 Å². The molecule has 7 rings (SSSR count). The maximum absolute atomic E-state index is 2.53. The summed E-state index contributed by atoms with van der Waals surface area (Å²) >= 11 is 16.0. The molecular formula is C34H30S8. The lowest BCUT2D eigenvalue weighted by atomic mass is 9.96. The maximum Gasteiger partial charge on any atom is 0.0660 e. The number of hydrogen-bond acceptors (Lipinski definition) is 8. The summed E-state index contributed by atoms with van der Waals surface area (Å²) in [6, 6.07) is 23.2. The van der Waals surface area contributed by atoms with Crippen LogP contribution in [0.25, 0.3) is 33.4 Å². The fourth-order valence-electron chi connectivity index (χ4n) is 5.69. The molecule has 0 atom stereocenters. The van der Waals surface area contributed by atoms with Gasteiger partial charge in [-0.25, -0.2) is 0 Å². The molecule has 0 saturated heterocycles. The Bertz CT molecular complexity index is 1560. The van der Waals surface area contributed by atoms with E-state index in [0.29, 0.717) is 0 Å². The SMILES string of the molecule is CCSC1=C(SCC)SC(=C2c3ccccc3-c3cc4c(cc32)-c2ccccc2C4=C2SC(SCC)=C(SCC)S2)S1. The average molecular weight is 695 g/mol. The van der Waals surface area contributed by atoms with Crippen molar-refractivity contribution in [3.63, 3.8) is 0 Å². The zero-order valence-corrected chi connectivity index (χ0v) is 30.4. The smallest absolute Gasteiger partial charge is 0.0660 e. The van der Waals surface area contributed by atoms with Crippen molar-refractivity contribution in [3.8, 4) is 22.3 Å². The Balaban J connectivity index is 1.40. The van der Waals surface area contributed by atoms with Gasteiger partial charge in [0.25, 0.3) is 0 Å². The third-order valence-corrected chi connectivity index (χ3v) is 17.8. The minimum Gasteiger partial charge on any atom is -0.118 e. The van der Waals surface area contributed by atoms with Gasteiger partial charge in [0.1, 0.15) is 0 Å². The molecule has 0 saturated carbocycles. The Kier molecular flexibility index (Phi) is 9.34. The molecule has 2 heterocycles. The van der Waals surface area contributed by atoms with Crippen LogP contribution in [0.4, 0.5) is 0 Å². The van der Waals surface area contributed by atoms with Crippen LogP contribution in [0.2, 0.25) is 0 Å². The van der Waals surface area contributed by atoms with Crippen molar-refractivity contribution in [3.05, 3.63) is 108 Å². The van der Waals surface area contributed by atoms with Crippen molar-refractivity contribution >= 4 is 105 Å². The minimum atomic E-state index is 1.11. The van der Waals surface area contributed by atoms with E-state index >= 15 is 0 Å². The molecule has 8 heteroatoms. The van der Waals surface area contributed by atoms with Crippen LogP contribution in [0, 0.1) is 0 Å². The number of fused-ring (bicyclic) bond motifs is 6. The summed E-state index contributed by atoms with van der Waals surface area (Å²) in [6.45, 7) is 9.05. The highest BCUT2D eigenvalue weighted by Crippen LogP contribution is 2.65. The van der Waals surface area contributed by atoms with Gasteiger partial charge in [0.05, 0.1) is 25.4 Å². The van der Waals surface area contributed by atoms with Gasteiger partial charge in [0.15, 0.2) is 0 Å². The minimum absolute atomic E-state index is 1.11. The number of rotatable bonds is 8. The highest BCUT2D eigenvalue weighted by Gasteiger charge is 2.36. The summed E-state index contributed by atoms with van der Waals surface area (Å²) in [5.74, 6) is 4.43. The van der Waals surface area contributed by atoms with E-state index in [4.69, 9.17) is 0 Å². The summed E-state index contributed by atoms with van der Waals surface area (Å²) in [4.78, 5) is 0. The van der Waals surface area contributed by atoms with E-state index in [1.54, 1.807) is 0 Å². The van der Waals surface area contributed by atoms with Gasteiger partial charge in [-0.1, -0.05) is 123 Å². The first kappa shape index (κ1) is 30.1. The zero-order chi connectivity index (χ0) is 28.8. The van der Waals surface area contributed by atoms with Crippen LogP contribution >= 0.6 is 94.1 Å². The quantitative estimate of drug-likeness (QED) is 0.155. The molecule has 4 aliphatic rings. The predicted molar refractivity (Wildman–Crippen MR) is 206 cm³/mol. The summed E-state index contributed by atoms with van der Waals surface area (Å²) in [7, 11) is 0. The second-order valence-electron chi connectivity index (χ2n) is 9.65. The largest absolute Gasteiger partial charge is 0.118 e. The van der Waals surface area contributed by atoms with Gasteiger partial charge in [-0.2, -0.15) is 0 Å². The lowest BCUT2D eigenvalue weighted by molar-refractivity contribution is 1.53. The van der Waals surface area contributed by atoms with Crippen molar-refractivity contribution in [1.29, 1.82) is 0 Å². The molecule has 2 aliphatic carbocycles. The maximum atomic E-state index is 2.53. The Morgan fingerprint density at radius 2 is 0.714 bits per heavy atom. The third kappa shape index (κ3) is 5.24. The summed E-state index contributed by atoms with van der Waals surface area (Å²) in [5.41, 5.74) is 13.9. The normalized spacial score (nSPS) is 17.0. The molecule has 0 aromatic heterocycles. The standard InChI is InChI=1S/C34H30S8/c1-5-35-31-32(36-6-2)40-29(39-31)27-21-15-11-9-13-19(21)23-18-26-24(17-25(23)27)20-14-10-12-16-22(20)28(26)30-41-33(37-7-3)34(42-30)38-8-4/h9-18H,5-8H2,1-4H3. The Morgan fingerprint density at radius 1 is 0.405 bits per heavy atom. The van der Waals surface area contributed by atoms with Gasteiger partial charge in [0.2, 0.25) is 0 Å². The summed E-state index contributed by atoms with van der Waals surface area (Å²) in [6.07, 6.45) is 0. The lowest BCUT2D eigenvalue weighted by Gasteiger charge is -2.11. The van der Waals surface area contributed by atoms with Gasteiger partial charge < -0.3 is 0 Å². The first-order chi connectivity index (χ1) is 20.7. The first-order valence-corrected chi connectivity index (χ1v) is 21.5. The first-order valence-electron chi connectivity index (χ1n) is 14.2. The molecular weight excluding hydrogens is 665 g/mol. The third-order valence-electron chi connectivity index (χ3n) is 7.25. The van der Waals surface area contributed by atoms with Crippen LogP contribution in [0.1, 0.15) is 49.9 Å². The van der Waals surface area contributed by atoms with E-state index in [0.717, 1.165) is 23.0 Å². The molecule has 3 aromatic rings. The predicted octanol–water partition coefficient (Wildman–Crippen LogP) is 13.3. The van der Waals surface area contributed by atoms with E-state index in [9.17, 15) is 0 Å². The second-order valence-corrected chi connectivity index (χ2v) is 20.4. The summed E-state index contributed by atoms with van der Waals surface area (Å²) in [5, 5.41) is 0. The van der Waals surface area contributed by atoms with E-state index in [1.165, 1.54) is 81.1 Å². The molecule has 0 fully saturated rings. The second kappa shape index (κ2) is 13.0. The Morgan fingerprint density at radius 3 is 1.02 bits per heavy atom. The number of hydrogen-bond donors (Lipinski definition) is 0. The molecule has 0 unspecified atom stereocenters. The molecule has 42 heavy (non-hydrogen) atoms. The molecule has 0 N–H and O–H groups in total. The average Bonchev–Trinajstić information content (AvgIpc) is 3.74. The Labute approximate surface area is 284 Å². The van der Waals surface area contributed by atoms with Crippen molar-refractivity contribution in [2.45, 2.75) is 27.7 Å². The number of thioether (sulfide) groups is 8. The van der Waals surface area contributed by atoms with Gasteiger partial charge in [-0.3, -0.25) is 0 Å². The molecule has 2 aliphatic heterocycles. The molecule has 0 nitrogen and oxygen atoms in total. The molecule has 0 bridgehead atoms. The fourth-order valence-corrected chi connectivity index (χ4v) is 17.2. The van der Waals surface area contributed by atoms with Crippen molar-refractivity contribution < 1.29 is 0 Å². The molecule has 0 radical (unpaired) electrons. The van der Waals surface area contributed by atoms with E-state index in [2.05, 4.69) is 88.4 Å². The van der Waals surface area contributed by atoms with Crippen molar-refractivity contribution in [1.82, 2.24) is 0 Å². The van der Waals surface area contributed by atoms with Crippen LogP contribution < -0.4 is 0 Å². The van der Waals surface area contributed by atoms with Gasteiger partial charge in [-0.05, 0) is 79.7 Å². The Hall–Kier alpha value is -0.580. The van der Waals surface area contributed by atoms with Crippen LogP contribution in [0.15, 0.2) is 86.1 Å². The van der Waals surface area contributed by atoms with Crippen molar-refractivity contribution in [2.24, 2.45) is 0 Å². The van der Waals surface area contributed by atoms with Crippen LogP contribution in [-0.2, 0) is 0 Å². The van der Waals surface area contributed by atoms with Gasteiger partial charge >= 0.3 is 0 Å². The van der Waals surface area contributed by atoms with Crippen molar-refractivity contribution in [2.75, 3.05) is 23.0 Å².